The van der Waals surface area contributed by atoms with E-state index in [1.54, 1.807) is 18.4 Å². The molecule has 2 fully saturated rings. The van der Waals surface area contributed by atoms with Crippen LogP contribution in [0.3, 0.4) is 0 Å². The minimum Gasteiger partial charge on any atom is -0.483 e. The van der Waals surface area contributed by atoms with Crippen molar-refractivity contribution in [2.24, 2.45) is 10.7 Å². The van der Waals surface area contributed by atoms with Gasteiger partial charge < -0.3 is 20.7 Å². The van der Waals surface area contributed by atoms with Gasteiger partial charge in [-0.15, -0.1) is 11.3 Å². The number of para-hydroxylation sites is 1. The fraction of sp³-hybridized carbons (Fsp3) is 0.389. The largest absolute Gasteiger partial charge is 0.483 e. The van der Waals surface area contributed by atoms with E-state index in [1.165, 1.54) is 62.9 Å². The average molecular weight is 643 g/mol. The number of aromatic nitrogens is 2. The van der Waals surface area contributed by atoms with Crippen LogP contribution in [0.15, 0.2) is 65.8 Å². The van der Waals surface area contributed by atoms with Crippen molar-refractivity contribution < 1.29 is 13.9 Å². The highest BCUT2D eigenvalue weighted by Gasteiger charge is 2.23. The van der Waals surface area contributed by atoms with Gasteiger partial charge in [0.05, 0.1) is 33.2 Å². The minimum atomic E-state index is -0.529. The maximum absolute atomic E-state index is 15.2. The molecule has 10 heteroatoms. The number of aliphatic imine (C=N–C) groups is 1. The number of nitrogens with two attached hydrogens (primary N) is 1. The van der Waals surface area contributed by atoms with Crippen molar-refractivity contribution in [3.05, 3.63) is 82.9 Å². The number of thiazole rings is 1. The zero-order chi connectivity index (χ0) is 32.3. The van der Waals surface area contributed by atoms with E-state index in [-0.39, 0.29) is 24.2 Å². The molecule has 242 valence electrons. The third kappa shape index (κ3) is 8.55. The number of piperidine rings is 2. The molecule has 3 N–H and O–H groups in total. The Balaban J connectivity index is 0.000000624. The molecule has 0 bridgehead atoms. The average Bonchev–Trinajstić information content (AvgIpc) is 3.50. The summed E-state index contributed by atoms with van der Waals surface area (Å²) in [5, 5.41) is 4.60. The smallest absolute Gasteiger partial charge is 0.167 e. The van der Waals surface area contributed by atoms with E-state index in [9.17, 15) is 4.79 Å². The molecular formula is C36H43FN6O2S. The maximum Gasteiger partial charge on any atom is 0.167 e. The molecule has 8 nitrogen and oxygen atoms in total. The Kier molecular flexibility index (Phi) is 11.9. The Morgan fingerprint density at radius 2 is 1.91 bits per heavy atom. The van der Waals surface area contributed by atoms with Gasteiger partial charge in [0.2, 0.25) is 0 Å². The van der Waals surface area contributed by atoms with Crippen LogP contribution in [0.2, 0.25) is 0 Å². The zero-order valence-corrected chi connectivity index (χ0v) is 27.5. The lowest BCUT2D eigenvalue weighted by atomic mass is 10.0. The second kappa shape index (κ2) is 16.4. The zero-order valence-electron chi connectivity index (χ0n) is 26.7. The molecular weight excluding hydrogens is 600 g/mol. The number of nitrogens with one attached hydrogen (secondary N) is 1. The number of halogens is 1. The number of carbonyl (C=O) groups excluding carboxylic acids is 1. The summed E-state index contributed by atoms with van der Waals surface area (Å²) in [6.45, 7) is 7.84. The second-order valence-electron chi connectivity index (χ2n) is 11.5. The number of likely N-dealkylation sites (tertiary alicyclic amines) is 1. The normalized spacial score (nSPS) is 16.3. The van der Waals surface area contributed by atoms with Crippen molar-refractivity contribution >= 4 is 50.2 Å². The SMILES string of the molecule is C1CCNCC1.CC/C=C(\c1cc(C(C)=O)c2cc(OCc3nc4ccccc4s3)c(F)cc2n1)N1CCC(N=C/C=C\N)CC1. The molecule has 2 saturated heterocycles. The number of benzene rings is 2. The van der Waals surface area contributed by atoms with Gasteiger partial charge in [0.1, 0.15) is 11.6 Å². The molecule has 2 aromatic carbocycles. The first kappa shape index (κ1) is 33.2. The highest BCUT2D eigenvalue weighted by atomic mass is 32.1. The van der Waals surface area contributed by atoms with Gasteiger partial charge in [-0.05, 0) is 88.7 Å². The number of fused-ring (bicyclic) bond motifs is 2. The number of hydrogen-bond acceptors (Lipinski definition) is 9. The topological polar surface area (TPSA) is 106 Å². The van der Waals surface area contributed by atoms with Crippen molar-refractivity contribution in [1.29, 1.82) is 0 Å². The van der Waals surface area contributed by atoms with Gasteiger partial charge in [-0.3, -0.25) is 9.79 Å². The van der Waals surface area contributed by atoms with Crippen LogP contribution in [0, 0.1) is 5.82 Å². The molecule has 2 aliphatic rings. The monoisotopic (exact) mass is 642 g/mol. The van der Waals surface area contributed by atoms with Crippen molar-refractivity contribution in [2.75, 3.05) is 26.2 Å². The van der Waals surface area contributed by atoms with Crippen LogP contribution < -0.4 is 15.8 Å². The van der Waals surface area contributed by atoms with Crippen LogP contribution in [0.1, 0.15) is 73.4 Å². The number of rotatable bonds is 9. The molecule has 0 spiro atoms. The van der Waals surface area contributed by atoms with Gasteiger partial charge in [0.15, 0.2) is 17.3 Å². The number of allylic oxidation sites excluding steroid dienone is 2. The first-order valence-electron chi connectivity index (χ1n) is 16.2. The molecule has 0 radical (unpaired) electrons. The molecule has 6 rings (SSSR count). The van der Waals surface area contributed by atoms with Crippen LogP contribution in [-0.4, -0.2) is 59.1 Å². The summed E-state index contributed by atoms with van der Waals surface area (Å²) in [6.07, 6.45) is 13.9. The summed E-state index contributed by atoms with van der Waals surface area (Å²) < 4.78 is 22.1. The van der Waals surface area contributed by atoms with E-state index in [1.807, 2.05) is 30.3 Å². The Morgan fingerprint density at radius 1 is 1.13 bits per heavy atom. The van der Waals surface area contributed by atoms with Crippen molar-refractivity contribution in [3.8, 4) is 5.75 Å². The standard InChI is InChI=1S/C31H32FN5O2S.C5H11N/c1-3-7-28(37-14-10-21(11-15-37)34-13-6-12-33)27-16-22(20(2)38)23-17-29(24(32)18-26(23)35-27)39-19-31-36-25-8-4-5-9-30(25)40-31;1-2-4-6-5-3-1/h4-9,12-13,16-18,21H,3,10-11,14-15,19,33H2,1-2H3;6H,1-5H2/b12-6-,28-7+,34-13?;. The Bertz CT molecular complexity index is 1680. The molecule has 2 aliphatic heterocycles. The molecule has 0 saturated carbocycles. The van der Waals surface area contributed by atoms with Gasteiger partial charge in [-0.1, -0.05) is 31.6 Å². The van der Waals surface area contributed by atoms with Crippen LogP contribution in [-0.2, 0) is 6.61 Å². The number of Topliss-reactive ketones (excluding diaryl/α,β-unsaturated/α-hetero) is 1. The third-order valence-corrected chi connectivity index (χ3v) is 9.11. The number of hydrogen-bond donors (Lipinski definition) is 2. The van der Waals surface area contributed by atoms with Crippen LogP contribution in [0.4, 0.5) is 4.39 Å². The molecule has 46 heavy (non-hydrogen) atoms. The lowest BCUT2D eigenvalue weighted by molar-refractivity contribution is 0.101. The van der Waals surface area contributed by atoms with Crippen LogP contribution in [0.5, 0.6) is 5.75 Å². The summed E-state index contributed by atoms with van der Waals surface area (Å²) in [6, 6.07) is 12.8. The predicted molar refractivity (Wildman–Crippen MR) is 187 cm³/mol. The summed E-state index contributed by atoms with van der Waals surface area (Å²) in [5.41, 5.74) is 8.80. The number of ether oxygens (including phenoxy) is 1. The number of nitrogens with zero attached hydrogens (tertiary/aromatic N) is 4. The highest BCUT2D eigenvalue weighted by Crippen LogP contribution is 2.32. The van der Waals surface area contributed by atoms with E-state index < -0.39 is 5.82 Å². The fourth-order valence-corrected chi connectivity index (χ4v) is 6.63. The Hall–Kier alpha value is -4.15. The van der Waals surface area contributed by atoms with E-state index in [0.717, 1.165) is 53.3 Å². The van der Waals surface area contributed by atoms with Gasteiger partial charge in [0.25, 0.3) is 0 Å². The van der Waals surface area contributed by atoms with E-state index in [0.29, 0.717) is 22.2 Å². The molecule has 0 unspecified atom stereocenters. The molecule has 2 aromatic heterocycles. The summed E-state index contributed by atoms with van der Waals surface area (Å²) in [5.74, 6) is -0.576. The quantitative estimate of drug-likeness (QED) is 0.146. The van der Waals surface area contributed by atoms with E-state index in [2.05, 4.69) is 33.2 Å². The van der Waals surface area contributed by atoms with Gasteiger partial charge in [0, 0.05) is 36.3 Å². The number of pyridine rings is 1. The summed E-state index contributed by atoms with van der Waals surface area (Å²) in [4.78, 5) is 29.0. The van der Waals surface area contributed by atoms with Crippen LogP contribution >= 0.6 is 11.3 Å². The number of carbonyl (C=O) groups is 1. The molecule has 0 amide bonds. The number of ketones is 1. The second-order valence-corrected chi connectivity index (χ2v) is 12.6. The Labute approximate surface area is 274 Å². The van der Waals surface area contributed by atoms with Crippen molar-refractivity contribution in [3.63, 3.8) is 0 Å². The fourth-order valence-electron chi connectivity index (χ4n) is 5.75. The predicted octanol–water partition coefficient (Wildman–Crippen LogP) is 7.28. The molecule has 0 atom stereocenters. The molecule has 4 heterocycles. The van der Waals surface area contributed by atoms with Gasteiger partial charge in [-0.2, -0.15) is 0 Å². The van der Waals surface area contributed by atoms with Crippen molar-refractivity contribution in [2.45, 2.75) is 65.0 Å². The highest BCUT2D eigenvalue weighted by molar-refractivity contribution is 7.18. The van der Waals surface area contributed by atoms with E-state index in [4.69, 9.17) is 15.5 Å². The molecule has 0 aliphatic carbocycles. The lowest BCUT2D eigenvalue weighted by Gasteiger charge is -2.34. The maximum atomic E-state index is 15.2. The van der Waals surface area contributed by atoms with Gasteiger partial charge in [-0.25, -0.2) is 14.4 Å². The van der Waals surface area contributed by atoms with E-state index >= 15 is 4.39 Å². The first-order valence-corrected chi connectivity index (χ1v) is 17.0. The lowest BCUT2D eigenvalue weighted by Crippen LogP contribution is -2.34. The van der Waals surface area contributed by atoms with Crippen LogP contribution in [0.25, 0.3) is 26.8 Å². The summed E-state index contributed by atoms with van der Waals surface area (Å²) in [7, 11) is 0. The molecule has 4 aromatic rings. The Morgan fingerprint density at radius 3 is 2.57 bits per heavy atom. The third-order valence-electron chi connectivity index (χ3n) is 8.10. The minimum absolute atomic E-state index is 0.0697. The first-order chi connectivity index (χ1) is 22.5. The van der Waals surface area contributed by atoms with Gasteiger partial charge >= 0.3 is 0 Å². The van der Waals surface area contributed by atoms with Crippen molar-refractivity contribution in [1.82, 2.24) is 20.2 Å². The summed E-state index contributed by atoms with van der Waals surface area (Å²) >= 11 is 1.51.